The molecule has 0 amide bonds. The van der Waals surface area contributed by atoms with Crippen LogP contribution in [0.2, 0.25) is 0 Å². The molecular formula is C10H11P. The predicted molar refractivity (Wildman–Crippen MR) is 52.1 cm³/mol. The molecule has 0 N–H and O–H groups in total. The minimum Gasteiger partial charge on any atom is -0.0675 e. The quantitative estimate of drug-likeness (QED) is 0.546. The van der Waals surface area contributed by atoms with E-state index in [0.717, 1.165) is 0 Å². The van der Waals surface area contributed by atoms with E-state index in [1.165, 1.54) is 31.9 Å². The lowest BCUT2D eigenvalue weighted by Gasteiger charge is -2.01. The standard InChI is InChI=1S/C10H11P/c1-2-4-8-7-11-10-6-3-5-9(8)10/h3,5-7H,2,4H2,1H3. The molecule has 0 aromatic rings. The van der Waals surface area contributed by atoms with Gasteiger partial charge in [-0.25, -0.2) is 0 Å². The first-order valence-electron chi connectivity index (χ1n) is 4.08. The SMILES string of the molecule is CCCC1=CP=C2C=CC=C12. The Morgan fingerprint density at radius 3 is 3.18 bits per heavy atom. The molecule has 56 valence electrons. The van der Waals surface area contributed by atoms with Gasteiger partial charge >= 0.3 is 0 Å². The zero-order valence-electron chi connectivity index (χ0n) is 6.67. The smallest absolute Gasteiger partial charge is 0.00931 e. The average molecular weight is 162 g/mol. The molecule has 0 aromatic carbocycles. The normalized spacial score (nSPS) is 21.0. The van der Waals surface area contributed by atoms with Gasteiger partial charge in [0.05, 0.1) is 0 Å². The second kappa shape index (κ2) is 2.79. The maximum absolute atomic E-state index is 2.34. The lowest BCUT2D eigenvalue weighted by atomic mass is 10.0. The van der Waals surface area contributed by atoms with Crippen LogP contribution >= 0.6 is 8.20 Å². The van der Waals surface area contributed by atoms with Gasteiger partial charge in [-0.3, -0.25) is 0 Å². The molecule has 0 bridgehead atoms. The first-order valence-corrected chi connectivity index (χ1v) is 5.04. The summed E-state index contributed by atoms with van der Waals surface area (Å²) in [5.41, 5.74) is 3.04. The van der Waals surface area contributed by atoms with Crippen LogP contribution in [-0.4, -0.2) is 5.29 Å². The third kappa shape index (κ3) is 1.12. The topological polar surface area (TPSA) is 0 Å². The molecule has 0 saturated carbocycles. The van der Waals surface area contributed by atoms with Crippen molar-refractivity contribution in [3.63, 3.8) is 0 Å². The van der Waals surface area contributed by atoms with Gasteiger partial charge in [0, 0.05) is 5.29 Å². The van der Waals surface area contributed by atoms with Crippen molar-refractivity contribution in [2.45, 2.75) is 19.8 Å². The Bertz CT molecular complexity index is 290. The van der Waals surface area contributed by atoms with E-state index in [9.17, 15) is 0 Å². The summed E-state index contributed by atoms with van der Waals surface area (Å²) in [5, 5.41) is 1.49. The molecule has 0 fully saturated rings. The Kier molecular flexibility index (Phi) is 1.79. The fourth-order valence-corrected chi connectivity index (χ4v) is 2.57. The summed E-state index contributed by atoms with van der Waals surface area (Å²) in [6.45, 7) is 2.23. The van der Waals surface area contributed by atoms with Crippen molar-refractivity contribution in [2.24, 2.45) is 0 Å². The summed E-state index contributed by atoms with van der Waals surface area (Å²) in [6.07, 6.45) is 9.10. The highest BCUT2D eigenvalue weighted by atomic mass is 31.1. The van der Waals surface area contributed by atoms with Crippen LogP contribution in [-0.2, 0) is 0 Å². The van der Waals surface area contributed by atoms with Crippen molar-refractivity contribution in [3.8, 4) is 0 Å². The van der Waals surface area contributed by atoms with Gasteiger partial charge in [-0.1, -0.05) is 33.7 Å². The molecule has 0 atom stereocenters. The number of hydrogen-bond donors (Lipinski definition) is 0. The van der Waals surface area contributed by atoms with Crippen LogP contribution in [0, 0.1) is 0 Å². The van der Waals surface area contributed by atoms with Crippen LogP contribution in [0.4, 0.5) is 0 Å². The Balaban J connectivity index is 2.20. The summed E-state index contributed by atoms with van der Waals surface area (Å²) in [7, 11) is 1.40. The van der Waals surface area contributed by atoms with Gasteiger partial charge in [-0.2, -0.15) is 0 Å². The van der Waals surface area contributed by atoms with Crippen LogP contribution in [0.3, 0.4) is 0 Å². The van der Waals surface area contributed by atoms with Gasteiger partial charge in [0.15, 0.2) is 0 Å². The minimum atomic E-state index is 1.24. The Hall–Kier alpha value is -0.610. The highest BCUT2D eigenvalue weighted by Crippen LogP contribution is 2.33. The first kappa shape index (κ1) is 7.06. The van der Waals surface area contributed by atoms with E-state index in [-0.39, 0.29) is 0 Å². The Morgan fingerprint density at radius 2 is 2.36 bits per heavy atom. The molecule has 1 heterocycles. The first-order chi connectivity index (χ1) is 5.42. The van der Waals surface area contributed by atoms with Crippen LogP contribution in [0.15, 0.2) is 35.2 Å². The summed E-state index contributed by atoms with van der Waals surface area (Å²) >= 11 is 0. The second-order valence-electron chi connectivity index (χ2n) is 2.86. The van der Waals surface area contributed by atoms with Crippen molar-refractivity contribution in [1.29, 1.82) is 0 Å². The molecule has 1 aliphatic heterocycles. The van der Waals surface area contributed by atoms with Crippen LogP contribution in [0.25, 0.3) is 0 Å². The van der Waals surface area contributed by atoms with Crippen molar-refractivity contribution in [2.75, 3.05) is 0 Å². The van der Waals surface area contributed by atoms with Gasteiger partial charge in [0.25, 0.3) is 0 Å². The molecule has 0 unspecified atom stereocenters. The van der Waals surface area contributed by atoms with Crippen LogP contribution in [0.5, 0.6) is 0 Å². The molecule has 2 rings (SSSR count). The van der Waals surface area contributed by atoms with E-state index in [1.807, 2.05) is 0 Å². The maximum atomic E-state index is 2.34. The molecule has 0 saturated heterocycles. The zero-order chi connectivity index (χ0) is 7.68. The van der Waals surface area contributed by atoms with E-state index in [1.54, 1.807) is 5.57 Å². The summed E-state index contributed by atoms with van der Waals surface area (Å²) in [5.74, 6) is 2.34. The summed E-state index contributed by atoms with van der Waals surface area (Å²) in [4.78, 5) is 0. The van der Waals surface area contributed by atoms with Gasteiger partial charge in [-0.05, 0) is 29.5 Å². The fraction of sp³-hybridized carbons (Fsp3) is 0.300. The van der Waals surface area contributed by atoms with Gasteiger partial charge in [0.1, 0.15) is 0 Å². The predicted octanol–water partition coefficient (Wildman–Crippen LogP) is 3.30. The zero-order valence-corrected chi connectivity index (χ0v) is 7.57. The van der Waals surface area contributed by atoms with E-state index >= 15 is 0 Å². The molecule has 1 aliphatic carbocycles. The summed E-state index contributed by atoms with van der Waals surface area (Å²) < 4.78 is 0. The Morgan fingerprint density at radius 1 is 1.45 bits per heavy atom. The molecule has 0 radical (unpaired) electrons. The lowest BCUT2D eigenvalue weighted by molar-refractivity contribution is 0.925. The van der Waals surface area contributed by atoms with Crippen molar-refractivity contribution in [1.82, 2.24) is 0 Å². The van der Waals surface area contributed by atoms with E-state index in [0.29, 0.717) is 0 Å². The monoisotopic (exact) mass is 162 g/mol. The molecule has 0 nitrogen and oxygen atoms in total. The number of rotatable bonds is 2. The van der Waals surface area contributed by atoms with E-state index < -0.39 is 0 Å². The molecule has 1 heteroatoms. The van der Waals surface area contributed by atoms with E-state index in [4.69, 9.17) is 0 Å². The molecular weight excluding hydrogens is 151 g/mol. The van der Waals surface area contributed by atoms with Crippen molar-refractivity contribution < 1.29 is 0 Å². The van der Waals surface area contributed by atoms with Crippen LogP contribution < -0.4 is 0 Å². The third-order valence-corrected chi connectivity index (χ3v) is 3.13. The highest BCUT2D eigenvalue weighted by Gasteiger charge is 2.15. The van der Waals surface area contributed by atoms with Gasteiger partial charge in [-0.15, -0.1) is 0 Å². The molecule has 11 heavy (non-hydrogen) atoms. The minimum absolute atomic E-state index is 1.24. The third-order valence-electron chi connectivity index (χ3n) is 2.02. The summed E-state index contributed by atoms with van der Waals surface area (Å²) in [6, 6.07) is 0. The fourth-order valence-electron chi connectivity index (χ4n) is 1.48. The van der Waals surface area contributed by atoms with Gasteiger partial charge < -0.3 is 0 Å². The average Bonchev–Trinajstić information content (AvgIpc) is 2.53. The number of hydrogen-bond acceptors (Lipinski definition) is 0. The van der Waals surface area contributed by atoms with Gasteiger partial charge in [0.2, 0.25) is 0 Å². The molecule has 0 aromatic heterocycles. The largest absolute Gasteiger partial charge is 0.0675 e. The maximum Gasteiger partial charge on any atom is 0.00931 e. The van der Waals surface area contributed by atoms with Crippen molar-refractivity contribution >= 4 is 13.5 Å². The molecule has 0 spiro atoms. The lowest BCUT2D eigenvalue weighted by Crippen LogP contribution is -1.91. The highest BCUT2D eigenvalue weighted by molar-refractivity contribution is 7.46. The number of fused-ring (bicyclic) bond motifs is 1. The molecule has 2 aliphatic rings. The van der Waals surface area contributed by atoms with Crippen molar-refractivity contribution in [3.05, 3.63) is 35.2 Å². The number of allylic oxidation sites excluding steroid dienone is 5. The second-order valence-corrected chi connectivity index (χ2v) is 3.86. The van der Waals surface area contributed by atoms with E-state index in [2.05, 4.69) is 31.0 Å². The van der Waals surface area contributed by atoms with Crippen LogP contribution in [0.1, 0.15) is 19.8 Å². The Labute approximate surface area is 69.1 Å².